The Hall–Kier alpha value is -1.65. The number of thiophene rings is 1. The van der Waals surface area contributed by atoms with Crippen LogP contribution in [0.1, 0.15) is 28.1 Å². The lowest BCUT2D eigenvalue weighted by atomic mass is 9.88. The van der Waals surface area contributed by atoms with Gasteiger partial charge in [-0.05, 0) is 36.4 Å². The average Bonchev–Trinajstić information content (AvgIpc) is 3.04. The fourth-order valence-electron chi connectivity index (χ4n) is 2.58. The molecule has 0 radical (unpaired) electrons. The molecule has 1 N–H and O–H groups in total. The Bertz CT molecular complexity index is 559. The van der Waals surface area contributed by atoms with Crippen molar-refractivity contribution in [1.82, 2.24) is 5.32 Å². The third-order valence-corrected chi connectivity index (χ3v) is 4.80. The van der Waals surface area contributed by atoms with Crippen LogP contribution in [0.25, 0.3) is 0 Å². The van der Waals surface area contributed by atoms with Crippen molar-refractivity contribution < 1.29 is 9.53 Å². The molecule has 2 heterocycles. The number of rotatable bonds is 3. The van der Waals surface area contributed by atoms with Crippen LogP contribution in [0.4, 0.5) is 0 Å². The van der Waals surface area contributed by atoms with Gasteiger partial charge in [0.1, 0.15) is 0 Å². The van der Waals surface area contributed by atoms with Crippen LogP contribution in [0, 0.1) is 0 Å². The summed E-state index contributed by atoms with van der Waals surface area (Å²) in [6, 6.07) is 13.5. The number of amides is 1. The van der Waals surface area contributed by atoms with Crippen LogP contribution in [0.15, 0.2) is 47.8 Å². The van der Waals surface area contributed by atoms with Crippen LogP contribution < -0.4 is 5.32 Å². The number of benzene rings is 1. The molecule has 1 saturated heterocycles. The molecule has 0 atom stereocenters. The monoisotopic (exact) mass is 287 g/mol. The predicted molar refractivity (Wildman–Crippen MR) is 80.0 cm³/mol. The summed E-state index contributed by atoms with van der Waals surface area (Å²) in [5.74, 6) is -0.0131. The highest BCUT2D eigenvalue weighted by atomic mass is 32.1. The number of carbonyl (C=O) groups excluding carboxylic acids is 1. The number of hydrogen-bond donors (Lipinski definition) is 1. The molecule has 0 saturated carbocycles. The molecular formula is C16H17NO2S. The lowest BCUT2D eigenvalue weighted by Gasteiger charge is -2.37. The van der Waals surface area contributed by atoms with E-state index in [0.29, 0.717) is 18.8 Å². The third kappa shape index (κ3) is 2.62. The first-order chi connectivity index (χ1) is 9.80. The Kier molecular flexibility index (Phi) is 3.85. The second kappa shape index (κ2) is 5.77. The Labute approximate surface area is 122 Å². The summed E-state index contributed by atoms with van der Waals surface area (Å²) < 4.78 is 5.46. The van der Waals surface area contributed by atoms with Gasteiger partial charge in [0.25, 0.3) is 5.91 Å². The highest BCUT2D eigenvalue weighted by molar-refractivity contribution is 7.10. The SMILES string of the molecule is O=C(NC1(c2cccs2)CCOCC1)c1ccccc1. The van der Waals surface area contributed by atoms with E-state index in [4.69, 9.17) is 4.74 Å². The van der Waals surface area contributed by atoms with Crippen LogP contribution in [0.3, 0.4) is 0 Å². The normalized spacial score (nSPS) is 17.6. The minimum Gasteiger partial charge on any atom is -0.381 e. The summed E-state index contributed by atoms with van der Waals surface area (Å²) >= 11 is 1.70. The van der Waals surface area contributed by atoms with Crippen LogP contribution in [-0.2, 0) is 10.3 Å². The van der Waals surface area contributed by atoms with Gasteiger partial charge in [-0.1, -0.05) is 24.3 Å². The van der Waals surface area contributed by atoms with Gasteiger partial charge in [-0.25, -0.2) is 0 Å². The number of ether oxygens (including phenoxy) is 1. The summed E-state index contributed by atoms with van der Waals surface area (Å²) in [6.45, 7) is 1.37. The number of hydrogen-bond acceptors (Lipinski definition) is 3. The van der Waals surface area contributed by atoms with E-state index in [0.717, 1.165) is 12.8 Å². The van der Waals surface area contributed by atoms with Gasteiger partial charge in [0.05, 0.1) is 5.54 Å². The van der Waals surface area contributed by atoms with Crippen LogP contribution >= 0.6 is 11.3 Å². The Morgan fingerprint density at radius 2 is 1.85 bits per heavy atom. The molecule has 1 aromatic carbocycles. The molecule has 4 heteroatoms. The van der Waals surface area contributed by atoms with Gasteiger partial charge >= 0.3 is 0 Å². The van der Waals surface area contributed by atoms with Gasteiger partial charge in [-0.2, -0.15) is 0 Å². The van der Waals surface area contributed by atoms with Crippen LogP contribution in [0.5, 0.6) is 0 Å². The second-order valence-electron chi connectivity index (χ2n) is 4.99. The van der Waals surface area contributed by atoms with Crippen molar-refractivity contribution in [1.29, 1.82) is 0 Å². The van der Waals surface area contributed by atoms with Gasteiger partial charge in [-0.3, -0.25) is 4.79 Å². The Morgan fingerprint density at radius 3 is 2.50 bits per heavy atom. The van der Waals surface area contributed by atoms with E-state index in [9.17, 15) is 4.79 Å². The van der Waals surface area contributed by atoms with E-state index in [1.165, 1.54) is 4.88 Å². The Balaban J connectivity index is 1.86. The largest absolute Gasteiger partial charge is 0.381 e. The molecule has 0 bridgehead atoms. The topological polar surface area (TPSA) is 38.3 Å². The molecule has 1 amide bonds. The van der Waals surface area contributed by atoms with Gasteiger partial charge in [0, 0.05) is 23.7 Å². The van der Waals surface area contributed by atoms with Crippen LogP contribution in [0.2, 0.25) is 0 Å². The minimum atomic E-state index is -0.278. The molecule has 2 aromatic rings. The van der Waals surface area contributed by atoms with Crippen molar-refractivity contribution in [2.45, 2.75) is 18.4 Å². The van der Waals surface area contributed by atoms with Gasteiger partial charge in [0.15, 0.2) is 0 Å². The molecule has 1 aromatic heterocycles. The zero-order valence-electron chi connectivity index (χ0n) is 11.2. The first-order valence-corrected chi connectivity index (χ1v) is 7.67. The van der Waals surface area contributed by atoms with Crippen molar-refractivity contribution in [2.75, 3.05) is 13.2 Å². The van der Waals surface area contributed by atoms with Crippen molar-refractivity contribution in [3.05, 3.63) is 58.3 Å². The molecule has 1 aliphatic heterocycles. The van der Waals surface area contributed by atoms with Crippen molar-refractivity contribution in [2.24, 2.45) is 0 Å². The van der Waals surface area contributed by atoms with Crippen molar-refractivity contribution in [3.63, 3.8) is 0 Å². The molecule has 0 unspecified atom stereocenters. The summed E-state index contributed by atoms with van der Waals surface area (Å²) in [7, 11) is 0. The second-order valence-corrected chi connectivity index (χ2v) is 5.94. The predicted octanol–water partition coefficient (Wildman–Crippen LogP) is 3.18. The van der Waals surface area contributed by atoms with Gasteiger partial charge in [-0.15, -0.1) is 11.3 Å². The van der Waals surface area contributed by atoms with Crippen molar-refractivity contribution in [3.8, 4) is 0 Å². The smallest absolute Gasteiger partial charge is 0.252 e. The highest BCUT2D eigenvalue weighted by Gasteiger charge is 2.36. The highest BCUT2D eigenvalue weighted by Crippen LogP contribution is 2.35. The molecule has 3 rings (SSSR count). The van der Waals surface area contributed by atoms with Gasteiger partial charge < -0.3 is 10.1 Å². The first-order valence-electron chi connectivity index (χ1n) is 6.79. The molecule has 0 aliphatic carbocycles. The van der Waals surface area contributed by atoms with E-state index < -0.39 is 0 Å². The molecule has 1 aliphatic rings. The number of carbonyl (C=O) groups is 1. The quantitative estimate of drug-likeness (QED) is 0.941. The van der Waals surface area contributed by atoms with E-state index in [2.05, 4.69) is 16.8 Å². The van der Waals surface area contributed by atoms with E-state index in [1.807, 2.05) is 36.4 Å². The van der Waals surface area contributed by atoms with Crippen molar-refractivity contribution >= 4 is 17.2 Å². The van der Waals surface area contributed by atoms with E-state index in [-0.39, 0.29) is 11.4 Å². The maximum atomic E-state index is 12.5. The number of nitrogens with one attached hydrogen (secondary N) is 1. The van der Waals surface area contributed by atoms with Crippen LogP contribution in [-0.4, -0.2) is 19.1 Å². The lowest BCUT2D eigenvalue weighted by molar-refractivity contribution is 0.0358. The molecule has 20 heavy (non-hydrogen) atoms. The fraction of sp³-hybridized carbons (Fsp3) is 0.312. The maximum absolute atomic E-state index is 12.5. The maximum Gasteiger partial charge on any atom is 0.252 e. The molecule has 104 valence electrons. The fourth-order valence-corrected chi connectivity index (χ4v) is 3.52. The average molecular weight is 287 g/mol. The summed E-state index contributed by atoms with van der Waals surface area (Å²) in [6.07, 6.45) is 1.65. The van der Waals surface area contributed by atoms with E-state index in [1.54, 1.807) is 11.3 Å². The molecule has 3 nitrogen and oxygen atoms in total. The summed E-state index contributed by atoms with van der Waals surface area (Å²) in [5, 5.41) is 5.30. The zero-order chi connectivity index (χ0) is 13.8. The Morgan fingerprint density at radius 1 is 1.10 bits per heavy atom. The van der Waals surface area contributed by atoms with E-state index >= 15 is 0 Å². The zero-order valence-corrected chi connectivity index (χ0v) is 12.0. The lowest BCUT2D eigenvalue weighted by Crippen LogP contribution is -2.49. The third-order valence-electron chi connectivity index (χ3n) is 3.73. The molecule has 0 spiro atoms. The molecular weight excluding hydrogens is 270 g/mol. The minimum absolute atomic E-state index is 0.0131. The summed E-state index contributed by atoms with van der Waals surface area (Å²) in [5.41, 5.74) is 0.425. The first kappa shape index (κ1) is 13.3. The summed E-state index contributed by atoms with van der Waals surface area (Å²) in [4.78, 5) is 13.7. The standard InChI is InChI=1S/C16H17NO2S/c18-15(13-5-2-1-3-6-13)17-16(8-10-19-11-9-16)14-7-4-12-20-14/h1-7,12H,8-11H2,(H,17,18). The molecule has 1 fully saturated rings. The van der Waals surface area contributed by atoms with Gasteiger partial charge in [0.2, 0.25) is 0 Å².